The highest BCUT2D eigenvalue weighted by molar-refractivity contribution is 7.98. The number of hydrogen-bond acceptors (Lipinski definition) is 6. The summed E-state index contributed by atoms with van der Waals surface area (Å²) in [5.41, 5.74) is 10.1. The van der Waals surface area contributed by atoms with E-state index in [9.17, 15) is 9.59 Å². The fourth-order valence-electron chi connectivity index (χ4n) is 0.575. The summed E-state index contributed by atoms with van der Waals surface area (Å²) in [6, 6.07) is -1.84. The van der Waals surface area contributed by atoms with Crippen LogP contribution in [0.5, 0.6) is 0 Å². The van der Waals surface area contributed by atoms with Crippen molar-refractivity contribution >= 4 is 23.7 Å². The summed E-state index contributed by atoms with van der Waals surface area (Å²) in [5.74, 6) is -1.28. The van der Waals surface area contributed by atoms with Crippen LogP contribution in [0.15, 0.2) is 0 Å². The zero-order valence-electron chi connectivity index (χ0n) is 9.87. The molecule has 0 saturated heterocycles. The Bertz CT molecular complexity index is 237. The molecule has 17 heavy (non-hydrogen) atoms. The maximum atomic E-state index is 10.1. The summed E-state index contributed by atoms with van der Waals surface area (Å²) in [6.45, 7) is 1.33. The Morgan fingerprint density at radius 2 is 1.71 bits per heavy atom. The molecule has 0 aromatic carbocycles. The lowest BCUT2D eigenvalue weighted by Crippen LogP contribution is -2.39. The van der Waals surface area contributed by atoms with Crippen LogP contribution >= 0.6 is 11.8 Å². The van der Waals surface area contributed by atoms with Gasteiger partial charge in [0.25, 0.3) is 0 Å². The zero-order chi connectivity index (χ0) is 14.0. The molecule has 0 rings (SSSR count). The van der Waals surface area contributed by atoms with Gasteiger partial charge in [-0.1, -0.05) is 0 Å². The third kappa shape index (κ3) is 11.4. The van der Waals surface area contributed by atoms with Crippen molar-refractivity contribution in [1.29, 1.82) is 0 Å². The van der Waals surface area contributed by atoms with Crippen molar-refractivity contribution in [2.45, 2.75) is 31.5 Å². The lowest BCUT2D eigenvalue weighted by Gasteiger charge is -2.06. The Morgan fingerprint density at radius 3 is 1.88 bits per heavy atom. The molecule has 0 aliphatic carbocycles. The van der Waals surface area contributed by atoms with Crippen LogP contribution < -0.4 is 11.5 Å². The minimum Gasteiger partial charge on any atom is -0.480 e. The van der Waals surface area contributed by atoms with E-state index in [2.05, 4.69) is 0 Å². The second kappa shape index (κ2) is 10.3. The normalized spacial score (nSPS) is 15.1. The molecule has 0 aliphatic rings. The number of rotatable bonds is 6. The molecule has 0 fully saturated rings. The van der Waals surface area contributed by atoms with Gasteiger partial charge >= 0.3 is 11.9 Å². The molecule has 7 N–H and O–H groups in total. The molecule has 0 aliphatic heterocycles. The predicted molar refractivity (Wildman–Crippen MR) is 65.9 cm³/mol. The van der Waals surface area contributed by atoms with Crippen molar-refractivity contribution in [2.24, 2.45) is 11.5 Å². The van der Waals surface area contributed by atoms with Crippen LogP contribution in [0.1, 0.15) is 13.3 Å². The van der Waals surface area contributed by atoms with Gasteiger partial charge in [0.05, 0.1) is 6.10 Å². The monoisotopic (exact) mass is 268 g/mol. The van der Waals surface area contributed by atoms with Crippen LogP contribution in [0, 0.1) is 0 Å². The van der Waals surface area contributed by atoms with Gasteiger partial charge < -0.3 is 26.8 Å². The highest BCUT2D eigenvalue weighted by Crippen LogP contribution is 1.97. The van der Waals surface area contributed by atoms with E-state index in [0.717, 1.165) is 5.75 Å². The van der Waals surface area contributed by atoms with Gasteiger partial charge in [-0.15, -0.1) is 0 Å². The molecule has 0 aromatic heterocycles. The Hall–Kier alpha value is -0.830. The average molecular weight is 268 g/mol. The fraction of sp³-hybridized carbons (Fsp3) is 0.778. The van der Waals surface area contributed by atoms with Crippen molar-refractivity contribution in [3.05, 3.63) is 0 Å². The molecule has 0 bridgehead atoms. The standard InChI is InChI=1S/C5H11NO2S.C4H9NO3/c1-9-3-2-4(6)5(7)8;1-2(6)3(5)4(7)8/h4H,2-3,6H2,1H3,(H,7,8);2-3,6H,5H2,1H3,(H,7,8). The zero-order valence-corrected chi connectivity index (χ0v) is 10.7. The third-order valence-electron chi connectivity index (χ3n) is 1.76. The largest absolute Gasteiger partial charge is 0.480 e. The first kappa shape index (κ1) is 18.5. The van der Waals surface area contributed by atoms with Crippen molar-refractivity contribution in [2.75, 3.05) is 12.0 Å². The first-order valence-electron chi connectivity index (χ1n) is 4.87. The van der Waals surface area contributed by atoms with Gasteiger partial charge in [0, 0.05) is 0 Å². The second-order valence-corrected chi connectivity index (χ2v) is 4.32. The van der Waals surface area contributed by atoms with Gasteiger partial charge in [0.2, 0.25) is 0 Å². The fourth-order valence-corrected chi connectivity index (χ4v) is 1.06. The van der Waals surface area contributed by atoms with Gasteiger partial charge in [-0.2, -0.15) is 11.8 Å². The maximum Gasteiger partial charge on any atom is 0.323 e. The van der Waals surface area contributed by atoms with Crippen LogP contribution in [-0.2, 0) is 9.59 Å². The van der Waals surface area contributed by atoms with Gasteiger partial charge in [0.1, 0.15) is 12.1 Å². The van der Waals surface area contributed by atoms with Crippen LogP contribution in [0.4, 0.5) is 0 Å². The molecule has 0 amide bonds. The summed E-state index contributed by atoms with van der Waals surface area (Å²) >= 11 is 1.60. The molecular weight excluding hydrogens is 248 g/mol. The van der Waals surface area contributed by atoms with E-state index in [0.29, 0.717) is 6.42 Å². The van der Waals surface area contributed by atoms with Crippen molar-refractivity contribution in [3.63, 3.8) is 0 Å². The first-order valence-corrected chi connectivity index (χ1v) is 6.27. The van der Waals surface area contributed by atoms with Gasteiger partial charge in [-0.25, -0.2) is 0 Å². The predicted octanol–water partition coefficient (Wildman–Crippen LogP) is -1.07. The molecule has 0 heterocycles. The van der Waals surface area contributed by atoms with Crippen LogP contribution in [0.3, 0.4) is 0 Å². The minimum absolute atomic E-state index is 0.552. The van der Waals surface area contributed by atoms with E-state index in [1.807, 2.05) is 6.26 Å². The van der Waals surface area contributed by atoms with Gasteiger partial charge in [0.15, 0.2) is 0 Å². The minimum atomic E-state index is -1.18. The summed E-state index contributed by atoms with van der Waals surface area (Å²) in [5, 5.41) is 24.8. The molecule has 102 valence electrons. The Balaban J connectivity index is 0. The van der Waals surface area contributed by atoms with E-state index in [4.69, 9.17) is 26.8 Å². The topological polar surface area (TPSA) is 147 Å². The van der Waals surface area contributed by atoms with Gasteiger partial charge in [-0.05, 0) is 25.4 Å². The molecule has 3 unspecified atom stereocenters. The first-order chi connectivity index (χ1) is 7.73. The van der Waals surface area contributed by atoms with Crippen molar-refractivity contribution < 1.29 is 24.9 Å². The maximum absolute atomic E-state index is 10.1. The van der Waals surface area contributed by atoms with Crippen molar-refractivity contribution in [3.8, 4) is 0 Å². The summed E-state index contributed by atoms with van der Waals surface area (Å²) in [4.78, 5) is 19.9. The summed E-state index contributed by atoms with van der Waals surface area (Å²) in [7, 11) is 0. The molecular formula is C9H20N2O5S. The molecule has 7 nitrogen and oxygen atoms in total. The van der Waals surface area contributed by atoms with Crippen LogP contribution in [0.25, 0.3) is 0 Å². The quantitative estimate of drug-likeness (QED) is 0.409. The number of aliphatic hydroxyl groups excluding tert-OH is 1. The van der Waals surface area contributed by atoms with E-state index in [-0.39, 0.29) is 0 Å². The molecule has 3 atom stereocenters. The Labute approximate surface area is 104 Å². The Morgan fingerprint density at radius 1 is 1.24 bits per heavy atom. The van der Waals surface area contributed by atoms with E-state index in [1.165, 1.54) is 6.92 Å². The smallest absolute Gasteiger partial charge is 0.323 e. The van der Waals surface area contributed by atoms with E-state index in [1.54, 1.807) is 11.8 Å². The highest BCUT2D eigenvalue weighted by atomic mass is 32.2. The number of carbonyl (C=O) groups is 2. The molecule has 0 saturated carbocycles. The SMILES string of the molecule is CC(O)C(N)C(=O)O.CSCCC(N)C(=O)O. The molecule has 0 spiro atoms. The summed E-state index contributed by atoms with van der Waals surface area (Å²) < 4.78 is 0. The van der Waals surface area contributed by atoms with Crippen molar-refractivity contribution in [1.82, 2.24) is 0 Å². The molecule has 0 aromatic rings. The number of carboxylic acids is 2. The second-order valence-electron chi connectivity index (χ2n) is 3.33. The lowest BCUT2D eigenvalue weighted by atomic mass is 10.2. The van der Waals surface area contributed by atoms with Crippen LogP contribution in [0.2, 0.25) is 0 Å². The number of thioether (sulfide) groups is 1. The van der Waals surface area contributed by atoms with Gasteiger partial charge in [-0.3, -0.25) is 9.59 Å². The molecule has 8 heteroatoms. The third-order valence-corrected chi connectivity index (χ3v) is 2.40. The Kier molecular flexibility index (Phi) is 11.3. The number of aliphatic carboxylic acids is 2. The summed E-state index contributed by atoms with van der Waals surface area (Å²) in [6.07, 6.45) is 1.50. The van der Waals surface area contributed by atoms with Crippen LogP contribution in [-0.4, -0.2) is 57.5 Å². The van der Waals surface area contributed by atoms with E-state index < -0.39 is 30.1 Å². The average Bonchev–Trinajstić information content (AvgIpc) is 2.25. The highest BCUT2D eigenvalue weighted by Gasteiger charge is 2.16. The number of nitrogens with two attached hydrogens (primary N) is 2. The number of aliphatic hydroxyl groups is 1. The lowest BCUT2D eigenvalue weighted by molar-refractivity contribution is -0.141. The molecule has 0 radical (unpaired) electrons. The number of carboxylic acid groups (broad SMARTS) is 2. The van der Waals surface area contributed by atoms with E-state index >= 15 is 0 Å². The number of hydrogen-bond donors (Lipinski definition) is 5.